The van der Waals surface area contributed by atoms with Gasteiger partial charge in [0.25, 0.3) is 5.91 Å². The summed E-state index contributed by atoms with van der Waals surface area (Å²) in [6.45, 7) is 5.34. The van der Waals surface area contributed by atoms with E-state index in [0.29, 0.717) is 12.1 Å². The average Bonchev–Trinajstić information content (AvgIpc) is 2.40. The zero-order valence-electron chi connectivity index (χ0n) is 11.9. The van der Waals surface area contributed by atoms with E-state index in [-0.39, 0.29) is 12.5 Å². The molecule has 1 aromatic carbocycles. The van der Waals surface area contributed by atoms with Gasteiger partial charge in [-0.2, -0.15) is 4.39 Å². The van der Waals surface area contributed by atoms with E-state index in [1.807, 2.05) is 0 Å². The van der Waals surface area contributed by atoms with E-state index >= 15 is 0 Å². The number of carbonyl (C=O) groups is 1. The number of carbonyl (C=O) groups excluding carboxylic acids is 1. The van der Waals surface area contributed by atoms with E-state index in [1.165, 1.54) is 0 Å². The predicted octanol–water partition coefficient (Wildman–Crippen LogP) is 1.98. The lowest BCUT2D eigenvalue weighted by Crippen LogP contribution is -2.55. The van der Waals surface area contributed by atoms with Crippen molar-refractivity contribution >= 4 is 11.6 Å². The minimum atomic E-state index is -1.37. The van der Waals surface area contributed by atoms with Crippen LogP contribution in [-0.2, 0) is 0 Å². The summed E-state index contributed by atoms with van der Waals surface area (Å²) in [6, 6.07) is 1.05. The van der Waals surface area contributed by atoms with Crippen molar-refractivity contribution in [1.82, 2.24) is 5.32 Å². The molecule has 0 fully saturated rings. The zero-order valence-corrected chi connectivity index (χ0v) is 11.9. The Morgan fingerprint density at radius 2 is 2.05 bits per heavy atom. The van der Waals surface area contributed by atoms with Gasteiger partial charge in [0.05, 0.1) is 22.1 Å². The Morgan fingerprint density at radius 3 is 2.48 bits per heavy atom. The molecule has 3 N–H and O–H groups in total. The third-order valence-electron chi connectivity index (χ3n) is 3.56. The molecular formula is C13H17F2N3O3. The van der Waals surface area contributed by atoms with Crippen molar-refractivity contribution in [3.8, 4) is 0 Å². The molecule has 1 amide bonds. The fraction of sp³-hybridized carbons (Fsp3) is 0.462. The van der Waals surface area contributed by atoms with E-state index in [0.717, 1.165) is 0 Å². The maximum Gasteiger partial charge on any atom is 0.308 e. The van der Waals surface area contributed by atoms with Gasteiger partial charge in [-0.3, -0.25) is 14.9 Å². The highest BCUT2D eigenvalue weighted by molar-refractivity contribution is 5.95. The number of nitrogens with zero attached hydrogens (tertiary/aromatic N) is 1. The number of amides is 1. The van der Waals surface area contributed by atoms with Gasteiger partial charge in [0, 0.05) is 6.54 Å². The van der Waals surface area contributed by atoms with Crippen molar-refractivity contribution in [1.29, 1.82) is 0 Å². The van der Waals surface area contributed by atoms with Crippen LogP contribution in [0.25, 0.3) is 0 Å². The molecule has 0 saturated carbocycles. The van der Waals surface area contributed by atoms with Gasteiger partial charge in [-0.1, -0.05) is 13.8 Å². The SMILES string of the molecule is CC(C)C(C)(CN)NC(=O)c1cc(F)cc([N+](=O)[O-])c1F. The van der Waals surface area contributed by atoms with E-state index < -0.39 is 39.3 Å². The second-order valence-corrected chi connectivity index (χ2v) is 5.27. The highest BCUT2D eigenvalue weighted by atomic mass is 19.1. The van der Waals surface area contributed by atoms with Crippen molar-refractivity contribution < 1.29 is 18.5 Å². The number of nitrogens with one attached hydrogen (secondary N) is 1. The molecule has 0 aliphatic carbocycles. The smallest absolute Gasteiger partial charge is 0.308 e. The average molecular weight is 301 g/mol. The first-order chi connectivity index (χ1) is 9.62. The first kappa shape index (κ1) is 17.0. The molecule has 116 valence electrons. The Balaban J connectivity index is 3.23. The Labute approximate surface area is 120 Å². The van der Waals surface area contributed by atoms with Crippen molar-refractivity contribution in [2.75, 3.05) is 6.54 Å². The third-order valence-corrected chi connectivity index (χ3v) is 3.56. The minimum Gasteiger partial charge on any atom is -0.345 e. The predicted molar refractivity (Wildman–Crippen MR) is 72.8 cm³/mol. The molecule has 0 saturated heterocycles. The van der Waals surface area contributed by atoms with E-state index in [2.05, 4.69) is 5.32 Å². The van der Waals surface area contributed by atoms with Crippen LogP contribution in [-0.4, -0.2) is 22.9 Å². The number of benzene rings is 1. The molecule has 8 heteroatoms. The summed E-state index contributed by atoms with van der Waals surface area (Å²) in [5.74, 6) is -3.45. The molecule has 0 aliphatic rings. The Bertz CT molecular complexity index is 578. The molecule has 21 heavy (non-hydrogen) atoms. The van der Waals surface area contributed by atoms with Gasteiger partial charge < -0.3 is 11.1 Å². The summed E-state index contributed by atoms with van der Waals surface area (Å²) in [5, 5.41) is 13.1. The molecule has 6 nitrogen and oxygen atoms in total. The van der Waals surface area contributed by atoms with Crippen molar-refractivity contribution in [3.63, 3.8) is 0 Å². The molecule has 0 bridgehead atoms. The van der Waals surface area contributed by atoms with Gasteiger partial charge in [-0.25, -0.2) is 4.39 Å². The van der Waals surface area contributed by atoms with Crippen LogP contribution in [0.2, 0.25) is 0 Å². The normalized spacial score (nSPS) is 13.9. The fourth-order valence-corrected chi connectivity index (χ4v) is 1.63. The number of nitro groups is 1. The van der Waals surface area contributed by atoms with Crippen molar-refractivity contribution in [3.05, 3.63) is 39.4 Å². The molecular weight excluding hydrogens is 284 g/mol. The van der Waals surface area contributed by atoms with Crippen molar-refractivity contribution in [2.24, 2.45) is 11.7 Å². The first-order valence-electron chi connectivity index (χ1n) is 6.28. The quantitative estimate of drug-likeness (QED) is 0.641. The molecule has 0 spiro atoms. The summed E-state index contributed by atoms with van der Waals surface area (Å²) >= 11 is 0. The number of nitro benzene ring substituents is 1. The van der Waals surface area contributed by atoms with Gasteiger partial charge in [0.2, 0.25) is 5.82 Å². The summed E-state index contributed by atoms with van der Waals surface area (Å²) in [7, 11) is 0. The van der Waals surface area contributed by atoms with Crippen molar-refractivity contribution in [2.45, 2.75) is 26.3 Å². The lowest BCUT2D eigenvalue weighted by atomic mass is 9.88. The molecule has 1 rings (SSSR count). The van der Waals surface area contributed by atoms with Gasteiger partial charge in [-0.15, -0.1) is 0 Å². The largest absolute Gasteiger partial charge is 0.345 e. The van der Waals surface area contributed by atoms with Gasteiger partial charge in [0.15, 0.2) is 0 Å². The molecule has 1 aromatic rings. The standard InChI is InChI=1S/C13H17F2N3O3/c1-7(2)13(3,6-16)17-12(19)9-4-8(14)5-10(11(9)15)18(20)21/h4-5,7H,6,16H2,1-3H3,(H,17,19). The Hall–Kier alpha value is -2.09. The molecule has 1 unspecified atom stereocenters. The van der Waals surface area contributed by atoms with Crippen LogP contribution >= 0.6 is 0 Å². The molecule has 0 aliphatic heterocycles. The van der Waals surface area contributed by atoms with Crippen LogP contribution in [0.1, 0.15) is 31.1 Å². The molecule has 0 radical (unpaired) electrons. The highest BCUT2D eigenvalue weighted by Crippen LogP contribution is 2.23. The lowest BCUT2D eigenvalue weighted by Gasteiger charge is -2.33. The van der Waals surface area contributed by atoms with Crippen LogP contribution in [0, 0.1) is 27.7 Å². The fourth-order valence-electron chi connectivity index (χ4n) is 1.63. The van der Waals surface area contributed by atoms with Crippen LogP contribution in [0.15, 0.2) is 12.1 Å². The topological polar surface area (TPSA) is 98.3 Å². The highest BCUT2D eigenvalue weighted by Gasteiger charge is 2.31. The molecule has 0 heterocycles. The number of hydrogen-bond acceptors (Lipinski definition) is 4. The van der Waals surface area contributed by atoms with Crippen LogP contribution in [0.3, 0.4) is 0 Å². The van der Waals surface area contributed by atoms with E-state index in [9.17, 15) is 23.7 Å². The maximum atomic E-state index is 13.9. The second-order valence-electron chi connectivity index (χ2n) is 5.27. The van der Waals surface area contributed by atoms with E-state index in [4.69, 9.17) is 5.73 Å². The second kappa shape index (κ2) is 6.13. The van der Waals surface area contributed by atoms with E-state index in [1.54, 1.807) is 20.8 Å². The first-order valence-corrected chi connectivity index (χ1v) is 6.28. The van der Waals surface area contributed by atoms with Gasteiger partial charge in [-0.05, 0) is 18.9 Å². The monoisotopic (exact) mass is 301 g/mol. The van der Waals surface area contributed by atoms with Gasteiger partial charge in [0.1, 0.15) is 5.82 Å². The Morgan fingerprint density at radius 1 is 1.48 bits per heavy atom. The van der Waals surface area contributed by atoms with Gasteiger partial charge >= 0.3 is 5.69 Å². The number of rotatable bonds is 5. The number of nitrogens with two attached hydrogens (primary N) is 1. The third kappa shape index (κ3) is 3.52. The number of hydrogen-bond donors (Lipinski definition) is 2. The van der Waals surface area contributed by atoms with Crippen LogP contribution < -0.4 is 11.1 Å². The van der Waals surface area contributed by atoms with Crippen LogP contribution in [0.5, 0.6) is 0 Å². The zero-order chi connectivity index (χ0) is 16.4. The molecule has 1 atom stereocenters. The lowest BCUT2D eigenvalue weighted by molar-refractivity contribution is -0.387. The van der Waals surface area contributed by atoms with Crippen LogP contribution in [0.4, 0.5) is 14.5 Å². The number of halogens is 2. The maximum absolute atomic E-state index is 13.9. The summed E-state index contributed by atoms with van der Waals surface area (Å²) in [4.78, 5) is 21.6. The summed E-state index contributed by atoms with van der Waals surface area (Å²) in [5.41, 5.74) is 2.94. The Kier molecular flexibility index (Phi) is 4.95. The minimum absolute atomic E-state index is 0.0712. The summed E-state index contributed by atoms with van der Waals surface area (Å²) in [6.07, 6.45) is 0. The molecule has 0 aromatic heterocycles. The summed E-state index contributed by atoms with van der Waals surface area (Å²) < 4.78 is 27.3.